The van der Waals surface area contributed by atoms with Crippen LogP contribution in [0, 0.1) is 6.92 Å². The Kier molecular flexibility index (Phi) is 3.62. The van der Waals surface area contributed by atoms with Crippen molar-refractivity contribution in [1.29, 1.82) is 0 Å². The van der Waals surface area contributed by atoms with Gasteiger partial charge in [-0.05, 0) is 18.6 Å². The topological polar surface area (TPSA) is 54.9 Å². The fourth-order valence-corrected chi connectivity index (χ4v) is 1.82. The van der Waals surface area contributed by atoms with Crippen LogP contribution >= 0.6 is 11.3 Å². The highest BCUT2D eigenvalue weighted by molar-refractivity contribution is 7.15. The summed E-state index contributed by atoms with van der Waals surface area (Å²) in [5.41, 5.74) is 0.982. The zero-order valence-electron chi connectivity index (χ0n) is 9.25. The third kappa shape index (κ3) is 3.49. The summed E-state index contributed by atoms with van der Waals surface area (Å²) in [6.07, 6.45) is 3.23. The number of aryl methyl sites for hydroxylation is 1. The molecule has 0 spiro atoms. The highest BCUT2D eigenvalue weighted by atomic mass is 32.1. The van der Waals surface area contributed by atoms with Crippen LogP contribution in [0.15, 0.2) is 36.4 Å². The molecule has 0 radical (unpaired) electrons. The number of aromatic nitrogens is 2. The average Bonchev–Trinajstić information content (AvgIpc) is 2.73. The molecule has 1 amide bonds. The zero-order chi connectivity index (χ0) is 12.1. The maximum absolute atomic E-state index is 11.5. The predicted octanol–water partition coefficient (Wildman–Crippen LogP) is 2.50. The highest BCUT2D eigenvalue weighted by Crippen LogP contribution is 2.13. The molecule has 4 nitrogen and oxygen atoms in total. The molecule has 1 N–H and O–H groups in total. The lowest BCUT2D eigenvalue weighted by molar-refractivity contribution is -0.111. The van der Waals surface area contributed by atoms with Crippen molar-refractivity contribution in [3.8, 4) is 0 Å². The summed E-state index contributed by atoms with van der Waals surface area (Å²) in [6.45, 7) is 1.84. The smallest absolute Gasteiger partial charge is 0.250 e. The Morgan fingerprint density at radius 3 is 2.71 bits per heavy atom. The lowest BCUT2D eigenvalue weighted by Crippen LogP contribution is -2.07. The third-order valence-electron chi connectivity index (χ3n) is 1.98. The largest absolute Gasteiger partial charge is 0.297 e. The van der Waals surface area contributed by atoms with Gasteiger partial charge in [0.15, 0.2) is 0 Å². The molecule has 0 atom stereocenters. The summed E-state index contributed by atoms with van der Waals surface area (Å²) in [7, 11) is 0. The Bertz CT molecular complexity index is 534. The van der Waals surface area contributed by atoms with Gasteiger partial charge in [0.1, 0.15) is 5.01 Å². The van der Waals surface area contributed by atoms with Gasteiger partial charge in [-0.15, -0.1) is 10.2 Å². The number of rotatable bonds is 3. The molecule has 1 aromatic carbocycles. The molecule has 17 heavy (non-hydrogen) atoms. The highest BCUT2D eigenvalue weighted by Gasteiger charge is 2.02. The first-order chi connectivity index (χ1) is 8.24. The van der Waals surface area contributed by atoms with Gasteiger partial charge >= 0.3 is 0 Å². The predicted molar refractivity (Wildman–Crippen MR) is 68.8 cm³/mol. The standard InChI is InChI=1S/C12H11N3OS/c1-9-14-15-12(17-9)13-11(16)8-7-10-5-3-2-4-6-10/h2-8H,1H3,(H,13,15,16)/b8-7-. The first kappa shape index (κ1) is 11.5. The second kappa shape index (κ2) is 5.36. The van der Waals surface area contributed by atoms with Crippen molar-refractivity contribution in [3.05, 3.63) is 47.0 Å². The van der Waals surface area contributed by atoms with Gasteiger partial charge in [0.05, 0.1) is 0 Å². The number of carbonyl (C=O) groups is 1. The SMILES string of the molecule is Cc1nnc(NC(=O)/C=C\c2ccccc2)s1. The number of nitrogens with zero attached hydrogens (tertiary/aromatic N) is 2. The molecule has 0 aliphatic carbocycles. The Labute approximate surface area is 103 Å². The molecular formula is C12H11N3OS. The third-order valence-corrected chi connectivity index (χ3v) is 2.74. The van der Waals surface area contributed by atoms with Crippen LogP contribution in [-0.2, 0) is 4.79 Å². The molecule has 2 rings (SSSR count). The van der Waals surface area contributed by atoms with Gasteiger partial charge in [0.2, 0.25) is 11.0 Å². The van der Waals surface area contributed by atoms with Crippen molar-refractivity contribution >= 4 is 28.5 Å². The van der Waals surface area contributed by atoms with Gasteiger partial charge < -0.3 is 0 Å². The number of hydrogen-bond acceptors (Lipinski definition) is 4. The van der Waals surface area contributed by atoms with Gasteiger partial charge in [-0.1, -0.05) is 41.7 Å². The van der Waals surface area contributed by atoms with E-state index in [1.807, 2.05) is 37.3 Å². The lowest BCUT2D eigenvalue weighted by Gasteiger charge is -1.94. The Morgan fingerprint density at radius 1 is 1.29 bits per heavy atom. The number of nitrogens with one attached hydrogen (secondary N) is 1. The summed E-state index contributed by atoms with van der Waals surface area (Å²) >= 11 is 1.35. The van der Waals surface area contributed by atoms with Gasteiger partial charge in [-0.2, -0.15) is 0 Å². The number of amides is 1. The van der Waals surface area contributed by atoms with E-state index in [4.69, 9.17) is 0 Å². The first-order valence-electron chi connectivity index (χ1n) is 5.08. The van der Waals surface area contributed by atoms with Crippen molar-refractivity contribution in [3.63, 3.8) is 0 Å². The fourth-order valence-electron chi connectivity index (χ4n) is 1.23. The molecule has 1 aromatic heterocycles. The molecule has 1 heterocycles. The molecule has 0 saturated heterocycles. The van der Waals surface area contributed by atoms with Crippen molar-refractivity contribution in [1.82, 2.24) is 10.2 Å². The van der Waals surface area contributed by atoms with E-state index in [0.29, 0.717) is 5.13 Å². The first-order valence-corrected chi connectivity index (χ1v) is 5.90. The van der Waals surface area contributed by atoms with Gasteiger partial charge in [-0.3, -0.25) is 10.1 Å². The number of hydrogen-bond donors (Lipinski definition) is 1. The van der Waals surface area contributed by atoms with Gasteiger partial charge in [0, 0.05) is 6.08 Å². The van der Waals surface area contributed by atoms with Gasteiger partial charge in [-0.25, -0.2) is 0 Å². The summed E-state index contributed by atoms with van der Waals surface area (Å²) in [6, 6.07) is 9.64. The Morgan fingerprint density at radius 2 is 2.06 bits per heavy atom. The minimum Gasteiger partial charge on any atom is -0.297 e. The van der Waals surface area contributed by atoms with E-state index in [0.717, 1.165) is 10.6 Å². The normalized spacial score (nSPS) is 10.6. The van der Waals surface area contributed by atoms with Gasteiger partial charge in [0.25, 0.3) is 0 Å². The van der Waals surface area contributed by atoms with Crippen molar-refractivity contribution in [2.75, 3.05) is 5.32 Å². The van der Waals surface area contributed by atoms with E-state index in [9.17, 15) is 4.79 Å². The van der Waals surface area contributed by atoms with Crippen molar-refractivity contribution in [2.45, 2.75) is 6.92 Å². The van der Waals surface area contributed by atoms with E-state index in [1.165, 1.54) is 17.4 Å². The molecule has 2 aromatic rings. The monoisotopic (exact) mass is 245 g/mol. The Hall–Kier alpha value is -2.01. The molecule has 0 fully saturated rings. The summed E-state index contributed by atoms with van der Waals surface area (Å²) in [4.78, 5) is 11.5. The van der Waals surface area contributed by atoms with Crippen LogP contribution in [-0.4, -0.2) is 16.1 Å². The van der Waals surface area contributed by atoms with Crippen LogP contribution in [0.2, 0.25) is 0 Å². The minimum absolute atomic E-state index is 0.204. The van der Waals surface area contributed by atoms with Crippen molar-refractivity contribution < 1.29 is 4.79 Å². The lowest BCUT2D eigenvalue weighted by atomic mass is 10.2. The molecule has 0 saturated carbocycles. The van der Waals surface area contributed by atoms with Crippen LogP contribution in [0.25, 0.3) is 6.08 Å². The average molecular weight is 245 g/mol. The number of anilines is 1. The second-order valence-electron chi connectivity index (χ2n) is 3.36. The molecule has 86 valence electrons. The molecule has 0 bridgehead atoms. The van der Waals surface area contributed by atoms with E-state index in [-0.39, 0.29) is 5.91 Å². The number of carbonyl (C=O) groups excluding carboxylic acids is 1. The van der Waals surface area contributed by atoms with E-state index < -0.39 is 0 Å². The second-order valence-corrected chi connectivity index (χ2v) is 4.54. The fraction of sp³-hybridized carbons (Fsp3) is 0.0833. The molecule has 0 unspecified atom stereocenters. The van der Waals surface area contributed by atoms with Crippen LogP contribution < -0.4 is 5.32 Å². The molecule has 0 aliphatic heterocycles. The quantitative estimate of drug-likeness (QED) is 0.845. The maximum Gasteiger partial charge on any atom is 0.250 e. The molecule has 0 aliphatic rings. The molecule has 5 heteroatoms. The summed E-state index contributed by atoms with van der Waals surface area (Å²) < 4.78 is 0. The van der Waals surface area contributed by atoms with E-state index >= 15 is 0 Å². The van der Waals surface area contributed by atoms with E-state index in [1.54, 1.807) is 6.08 Å². The van der Waals surface area contributed by atoms with Crippen LogP contribution in [0.1, 0.15) is 10.6 Å². The van der Waals surface area contributed by atoms with Crippen LogP contribution in [0.5, 0.6) is 0 Å². The maximum atomic E-state index is 11.5. The number of benzene rings is 1. The van der Waals surface area contributed by atoms with Crippen LogP contribution in [0.3, 0.4) is 0 Å². The Balaban J connectivity index is 1.96. The molecular weight excluding hydrogens is 234 g/mol. The van der Waals surface area contributed by atoms with E-state index in [2.05, 4.69) is 15.5 Å². The minimum atomic E-state index is -0.204. The van der Waals surface area contributed by atoms with Crippen LogP contribution in [0.4, 0.5) is 5.13 Å². The summed E-state index contributed by atoms with van der Waals surface area (Å²) in [5, 5.41) is 11.6. The van der Waals surface area contributed by atoms with Crippen molar-refractivity contribution in [2.24, 2.45) is 0 Å². The summed E-state index contributed by atoms with van der Waals surface area (Å²) in [5.74, 6) is -0.204. The zero-order valence-corrected chi connectivity index (χ0v) is 10.1.